The van der Waals surface area contributed by atoms with Gasteiger partial charge >= 0.3 is 0 Å². The molecule has 0 amide bonds. The largest absolute Gasteiger partial charge is 0.494 e. The van der Waals surface area contributed by atoms with Gasteiger partial charge in [-0.1, -0.05) is 12.5 Å². The van der Waals surface area contributed by atoms with Gasteiger partial charge in [0.25, 0.3) is 0 Å². The van der Waals surface area contributed by atoms with Crippen LogP contribution in [0.5, 0.6) is 11.5 Å². The molecule has 3 rings (SSSR count). The SMILES string of the molecule is CCOc1ccc2c(c1)OC1(CCCCC1)C2. The Bertz CT molecular complexity index is 405. The van der Waals surface area contributed by atoms with E-state index in [1.54, 1.807) is 0 Å². The van der Waals surface area contributed by atoms with E-state index in [9.17, 15) is 0 Å². The van der Waals surface area contributed by atoms with Crippen molar-refractivity contribution >= 4 is 0 Å². The van der Waals surface area contributed by atoms with E-state index < -0.39 is 0 Å². The molecule has 0 radical (unpaired) electrons. The predicted octanol–water partition coefficient (Wildman–Crippen LogP) is 3.72. The normalized spacial score (nSPS) is 21.0. The van der Waals surface area contributed by atoms with E-state index in [1.807, 2.05) is 6.92 Å². The van der Waals surface area contributed by atoms with Crippen molar-refractivity contribution in [3.8, 4) is 11.5 Å². The Morgan fingerprint density at radius 3 is 2.82 bits per heavy atom. The molecule has 0 N–H and O–H groups in total. The van der Waals surface area contributed by atoms with Gasteiger partial charge in [0.2, 0.25) is 0 Å². The molecule has 1 spiro atoms. The maximum absolute atomic E-state index is 6.24. The van der Waals surface area contributed by atoms with Gasteiger partial charge in [-0.2, -0.15) is 0 Å². The van der Waals surface area contributed by atoms with Gasteiger partial charge in [-0.3, -0.25) is 0 Å². The molecule has 17 heavy (non-hydrogen) atoms. The van der Waals surface area contributed by atoms with Gasteiger partial charge in [0.05, 0.1) is 6.61 Å². The lowest BCUT2D eigenvalue weighted by atomic mass is 9.82. The molecule has 0 saturated heterocycles. The monoisotopic (exact) mass is 232 g/mol. The second-order valence-electron chi connectivity index (χ2n) is 5.23. The molecule has 1 saturated carbocycles. The lowest BCUT2D eigenvalue weighted by Crippen LogP contribution is -2.36. The third-order valence-electron chi connectivity index (χ3n) is 3.95. The van der Waals surface area contributed by atoms with Crippen LogP contribution in [0.25, 0.3) is 0 Å². The van der Waals surface area contributed by atoms with Crippen LogP contribution < -0.4 is 9.47 Å². The second kappa shape index (κ2) is 4.25. The van der Waals surface area contributed by atoms with E-state index in [2.05, 4.69) is 18.2 Å². The molecular weight excluding hydrogens is 212 g/mol. The summed E-state index contributed by atoms with van der Waals surface area (Å²) in [7, 11) is 0. The fourth-order valence-electron chi connectivity index (χ4n) is 3.12. The van der Waals surface area contributed by atoms with Crippen molar-refractivity contribution in [1.82, 2.24) is 0 Å². The van der Waals surface area contributed by atoms with E-state index in [0.717, 1.165) is 17.9 Å². The lowest BCUT2D eigenvalue weighted by molar-refractivity contribution is 0.0527. The summed E-state index contributed by atoms with van der Waals surface area (Å²) in [6.45, 7) is 2.72. The average molecular weight is 232 g/mol. The first-order valence-electron chi connectivity index (χ1n) is 6.76. The van der Waals surface area contributed by atoms with Gasteiger partial charge in [0, 0.05) is 12.5 Å². The lowest BCUT2D eigenvalue weighted by Gasteiger charge is -2.32. The molecule has 1 heterocycles. The van der Waals surface area contributed by atoms with Crippen molar-refractivity contribution in [1.29, 1.82) is 0 Å². The summed E-state index contributed by atoms with van der Waals surface area (Å²) in [5, 5.41) is 0. The fourth-order valence-corrected chi connectivity index (χ4v) is 3.12. The molecule has 2 aliphatic rings. The Morgan fingerprint density at radius 2 is 2.06 bits per heavy atom. The second-order valence-corrected chi connectivity index (χ2v) is 5.23. The van der Waals surface area contributed by atoms with Gasteiger partial charge in [0.15, 0.2) is 0 Å². The first-order chi connectivity index (χ1) is 8.31. The van der Waals surface area contributed by atoms with Gasteiger partial charge in [-0.25, -0.2) is 0 Å². The molecule has 0 bridgehead atoms. The highest BCUT2D eigenvalue weighted by atomic mass is 16.5. The molecule has 1 aromatic rings. The van der Waals surface area contributed by atoms with E-state index >= 15 is 0 Å². The molecule has 1 fully saturated rings. The Hall–Kier alpha value is -1.18. The summed E-state index contributed by atoms with van der Waals surface area (Å²) in [6, 6.07) is 6.29. The molecule has 2 heteroatoms. The standard InChI is InChI=1S/C15H20O2/c1-2-16-13-7-6-12-11-15(17-14(12)10-13)8-4-3-5-9-15/h6-7,10H,2-5,8-9,11H2,1H3. The zero-order valence-corrected chi connectivity index (χ0v) is 10.5. The van der Waals surface area contributed by atoms with Gasteiger partial charge in [-0.15, -0.1) is 0 Å². The summed E-state index contributed by atoms with van der Waals surface area (Å²) in [5.41, 5.74) is 1.47. The van der Waals surface area contributed by atoms with Gasteiger partial charge in [-0.05, 0) is 44.2 Å². The van der Waals surface area contributed by atoms with Crippen molar-refractivity contribution in [2.24, 2.45) is 0 Å². The highest BCUT2D eigenvalue weighted by Gasteiger charge is 2.40. The summed E-state index contributed by atoms with van der Waals surface area (Å²) in [4.78, 5) is 0. The molecule has 1 aliphatic heterocycles. The van der Waals surface area contributed by atoms with Crippen LogP contribution in [0.4, 0.5) is 0 Å². The topological polar surface area (TPSA) is 18.5 Å². The number of rotatable bonds is 2. The van der Waals surface area contributed by atoms with Crippen molar-refractivity contribution in [3.05, 3.63) is 23.8 Å². The van der Waals surface area contributed by atoms with Crippen LogP contribution in [0, 0.1) is 0 Å². The molecular formula is C15H20O2. The highest BCUT2D eigenvalue weighted by molar-refractivity contribution is 5.45. The predicted molar refractivity (Wildman–Crippen MR) is 67.8 cm³/mol. The van der Waals surface area contributed by atoms with Crippen molar-refractivity contribution in [2.75, 3.05) is 6.61 Å². The van der Waals surface area contributed by atoms with E-state index in [4.69, 9.17) is 9.47 Å². The molecule has 0 aromatic heterocycles. The summed E-state index contributed by atoms with van der Waals surface area (Å²) < 4.78 is 11.8. The fraction of sp³-hybridized carbons (Fsp3) is 0.600. The van der Waals surface area contributed by atoms with E-state index in [1.165, 1.54) is 37.7 Å². The number of ether oxygens (including phenoxy) is 2. The van der Waals surface area contributed by atoms with Crippen LogP contribution in [-0.2, 0) is 6.42 Å². The molecule has 1 aliphatic carbocycles. The minimum atomic E-state index is 0.116. The van der Waals surface area contributed by atoms with Crippen LogP contribution in [0.15, 0.2) is 18.2 Å². The Kier molecular flexibility index (Phi) is 2.73. The van der Waals surface area contributed by atoms with Crippen molar-refractivity contribution in [2.45, 2.75) is 51.0 Å². The molecule has 0 unspecified atom stereocenters. The van der Waals surface area contributed by atoms with Gasteiger partial charge < -0.3 is 9.47 Å². The van der Waals surface area contributed by atoms with Crippen LogP contribution in [0.1, 0.15) is 44.6 Å². The van der Waals surface area contributed by atoms with Crippen molar-refractivity contribution < 1.29 is 9.47 Å². The molecule has 1 aromatic carbocycles. The summed E-state index contributed by atoms with van der Waals surface area (Å²) >= 11 is 0. The highest BCUT2D eigenvalue weighted by Crippen LogP contribution is 2.44. The molecule has 0 atom stereocenters. The molecule has 2 nitrogen and oxygen atoms in total. The van der Waals surface area contributed by atoms with E-state index in [-0.39, 0.29) is 5.60 Å². The maximum Gasteiger partial charge on any atom is 0.127 e. The van der Waals surface area contributed by atoms with Gasteiger partial charge in [0.1, 0.15) is 17.1 Å². The van der Waals surface area contributed by atoms with Crippen LogP contribution >= 0.6 is 0 Å². The summed E-state index contributed by atoms with van der Waals surface area (Å²) in [5.74, 6) is 1.98. The van der Waals surface area contributed by atoms with Crippen LogP contribution in [0.3, 0.4) is 0 Å². The third-order valence-corrected chi connectivity index (χ3v) is 3.95. The minimum Gasteiger partial charge on any atom is -0.494 e. The minimum absolute atomic E-state index is 0.116. The Morgan fingerprint density at radius 1 is 1.24 bits per heavy atom. The number of hydrogen-bond donors (Lipinski definition) is 0. The van der Waals surface area contributed by atoms with Crippen molar-refractivity contribution in [3.63, 3.8) is 0 Å². The average Bonchev–Trinajstić information content (AvgIpc) is 2.67. The summed E-state index contributed by atoms with van der Waals surface area (Å²) in [6.07, 6.45) is 7.51. The number of benzene rings is 1. The Balaban J connectivity index is 1.82. The van der Waals surface area contributed by atoms with Crippen LogP contribution in [-0.4, -0.2) is 12.2 Å². The smallest absolute Gasteiger partial charge is 0.127 e. The van der Waals surface area contributed by atoms with E-state index in [0.29, 0.717) is 6.61 Å². The maximum atomic E-state index is 6.24. The zero-order valence-electron chi connectivity index (χ0n) is 10.5. The first-order valence-corrected chi connectivity index (χ1v) is 6.76. The zero-order chi connectivity index (χ0) is 11.7. The van der Waals surface area contributed by atoms with Crippen LogP contribution in [0.2, 0.25) is 0 Å². The third kappa shape index (κ3) is 2.01. The number of fused-ring (bicyclic) bond motifs is 1. The first kappa shape index (κ1) is 10.9. The Labute approximate surface area is 103 Å². The quantitative estimate of drug-likeness (QED) is 0.773. The molecule has 92 valence electrons. The number of hydrogen-bond acceptors (Lipinski definition) is 2.